The van der Waals surface area contributed by atoms with Gasteiger partial charge in [0, 0.05) is 4.47 Å². The summed E-state index contributed by atoms with van der Waals surface area (Å²) in [5, 5.41) is 0. The van der Waals surface area contributed by atoms with Crippen molar-refractivity contribution in [3.63, 3.8) is 0 Å². The monoisotopic (exact) mass is 298 g/mol. The summed E-state index contributed by atoms with van der Waals surface area (Å²) in [6, 6.07) is 5.62. The van der Waals surface area contributed by atoms with Crippen molar-refractivity contribution in [2.75, 3.05) is 13.2 Å². The maximum absolute atomic E-state index is 11.3. The molecule has 0 radical (unpaired) electrons. The molecule has 0 saturated carbocycles. The average Bonchev–Trinajstić information content (AvgIpc) is 2.30. The van der Waals surface area contributed by atoms with Crippen LogP contribution < -0.4 is 4.74 Å². The van der Waals surface area contributed by atoms with E-state index in [1.54, 1.807) is 6.92 Å². The van der Waals surface area contributed by atoms with Gasteiger partial charge in [-0.3, -0.25) is 0 Å². The van der Waals surface area contributed by atoms with E-state index in [-0.39, 0.29) is 6.61 Å². The van der Waals surface area contributed by atoms with Crippen LogP contribution in [0.15, 0.2) is 34.8 Å². The summed E-state index contributed by atoms with van der Waals surface area (Å²) < 4.78 is 11.3. The SMILES string of the molecule is C=C(COc1ccc(Br)c(C)c1)C(=O)OCC. The number of ether oxygens (including phenoxy) is 2. The van der Waals surface area contributed by atoms with Crippen molar-refractivity contribution in [3.8, 4) is 5.75 Å². The van der Waals surface area contributed by atoms with Gasteiger partial charge >= 0.3 is 5.97 Å². The van der Waals surface area contributed by atoms with Crippen LogP contribution >= 0.6 is 15.9 Å². The Balaban J connectivity index is 2.53. The van der Waals surface area contributed by atoms with Crippen molar-refractivity contribution in [1.29, 1.82) is 0 Å². The largest absolute Gasteiger partial charge is 0.489 e. The zero-order chi connectivity index (χ0) is 12.8. The predicted octanol–water partition coefficient (Wildman–Crippen LogP) is 3.26. The fourth-order valence-corrected chi connectivity index (χ4v) is 1.42. The summed E-state index contributed by atoms with van der Waals surface area (Å²) in [5.41, 5.74) is 1.39. The highest BCUT2D eigenvalue weighted by molar-refractivity contribution is 9.10. The molecular formula is C13H15BrO3. The Labute approximate surface area is 110 Å². The number of aryl methyl sites for hydroxylation is 1. The lowest BCUT2D eigenvalue weighted by molar-refractivity contribution is -0.138. The van der Waals surface area contributed by atoms with Crippen LogP contribution in [-0.2, 0) is 9.53 Å². The molecule has 0 bridgehead atoms. The second kappa shape index (κ2) is 6.45. The lowest BCUT2D eigenvalue weighted by Gasteiger charge is -2.09. The van der Waals surface area contributed by atoms with Gasteiger partial charge in [-0.25, -0.2) is 4.79 Å². The molecule has 0 atom stereocenters. The zero-order valence-electron chi connectivity index (χ0n) is 9.96. The molecule has 3 nitrogen and oxygen atoms in total. The Bertz CT molecular complexity index is 427. The van der Waals surface area contributed by atoms with Crippen LogP contribution in [0.1, 0.15) is 12.5 Å². The lowest BCUT2D eigenvalue weighted by Crippen LogP contribution is -2.13. The molecule has 0 aliphatic heterocycles. The number of carbonyl (C=O) groups excluding carboxylic acids is 1. The smallest absolute Gasteiger partial charge is 0.336 e. The molecular weight excluding hydrogens is 284 g/mol. The Kier molecular flexibility index (Phi) is 5.22. The topological polar surface area (TPSA) is 35.5 Å². The summed E-state index contributed by atoms with van der Waals surface area (Å²) in [4.78, 5) is 11.3. The van der Waals surface area contributed by atoms with Gasteiger partial charge < -0.3 is 9.47 Å². The molecule has 0 N–H and O–H groups in total. The van der Waals surface area contributed by atoms with Gasteiger partial charge in [-0.1, -0.05) is 22.5 Å². The third-order valence-corrected chi connectivity index (χ3v) is 3.00. The van der Waals surface area contributed by atoms with E-state index in [1.807, 2.05) is 25.1 Å². The quantitative estimate of drug-likeness (QED) is 0.618. The van der Waals surface area contributed by atoms with Crippen LogP contribution in [0.2, 0.25) is 0 Å². The molecule has 1 rings (SSSR count). The average molecular weight is 299 g/mol. The minimum Gasteiger partial charge on any atom is -0.489 e. The summed E-state index contributed by atoms with van der Waals surface area (Å²) in [6.07, 6.45) is 0. The van der Waals surface area contributed by atoms with E-state index in [2.05, 4.69) is 22.5 Å². The maximum Gasteiger partial charge on any atom is 0.336 e. The maximum atomic E-state index is 11.3. The molecule has 1 aromatic rings. The van der Waals surface area contributed by atoms with Crippen LogP contribution in [0, 0.1) is 6.92 Å². The van der Waals surface area contributed by atoms with Gasteiger partial charge in [0.15, 0.2) is 0 Å². The van der Waals surface area contributed by atoms with Gasteiger partial charge in [0.2, 0.25) is 0 Å². The van der Waals surface area contributed by atoms with Crippen LogP contribution in [-0.4, -0.2) is 19.2 Å². The molecule has 17 heavy (non-hydrogen) atoms. The van der Waals surface area contributed by atoms with Gasteiger partial charge in [0.25, 0.3) is 0 Å². The molecule has 0 fully saturated rings. The highest BCUT2D eigenvalue weighted by Gasteiger charge is 2.08. The lowest BCUT2D eigenvalue weighted by atomic mass is 10.2. The predicted molar refractivity (Wildman–Crippen MR) is 70.1 cm³/mol. The van der Waals surface area contributed by atoms with Crippen molar-refractivity contribution in [2.45, 2.75) is 13.8 Å². The number of carbonyl (C=O) groups is 1. The first-order chi connectivity index (χ1) is 8.04. The number of rotatable bonds is 5. The van der Waals surface area contributed by atoms with Crippen molar-refractivity contribution in [3.05, 3.63) is 40.4 Å². The van der Waals surface area contributed by atoms with Gasteiger partial charge in [-0.2, -0.15) is 0 Å². The van der Waals surface area contributed by atoms with Crippen molar-refractivity contribution < 1.29 is 14.3 Å². The first kappa shape index (κ1) is 13.8. The Hall–Kier alpha value is -1.29. The Morgan fingerprint density at radius 3 is 2.76 bits per heavy atom. The first-order valence-corrected chi connectivity index (χ1v) is 6.07. The number of hydrogen-bond donors (Lipinski definition) is 0. The van der Waals surface area contributed by atoms with E-state index in [4.69, 9.17) is 9.47 Å². The van der Waals surface area contributed by atoms with E-state index < -0.39 is 5.97 Å². The fraction of sp³-hybridized carbons (Fsp3) is 0.308. The molecule has 0 saturated heterocycles. The molecule has 0 spiro atoms. The molecule has 0 aliphatic carbocycles. The molecule has 0 aliphatic rings. The van der Waals surface area contributed by atoms with Gasteiger partial charge in [0.05, 0.1) is 12.2 Å². The van der Waals surface area contributed by atoms with Crippen molar-refractivity contribution in [2.24, 2.45) is 0 Å². The van der Waals surface area contributed by atoms with E-state index in [1.165, 1.54) is 0 Å². The summed E-state index contributed by atoms with van der Waals surface area (Å²) >= 11 is 3.41. The molecule has 0 aromatic heterocycles. The van der Waals surface area contributed by atoms with Crippen molar-refractivity contribution in [1.82, 2.24) is 0 Å². The van der Waals surface area contributed by atoms with Crippen LogP contribution in [0.3, 0.4) is 0 Å². The zero-order valence-corrected chi connectivity index (χ0v) is 11.5. The molecule has 0 amide bonds. The summed E-state index contributed by atoms with van der Waals surface area (Å²) in [6.45, 7) is 7.82. The van der Waals surface area contributed by atoms with Gasteiger partial charge in [-0.15, -0.1) is 0 Å². The molecule has 92 valence electrons. The summed E-state index contributed by atoms with van der Waals surface area (Å²) in [5.74, 6) is 0.289. The Morgan fingerprint density at radius 2 is 2.18 bits per heavy atom. The number of halogens is 1. The highest BCUT2D eigenvalue weighted by Crippen LogP contribution is 2.21. The normalized spacial score (nSPS) is 9.82. The molecule has 0 unspecified atom stereocenters. The minimum atomic E-state index is -0.415. The second-order valence-electron chi connectivity index (χ2n) is 3.52. The molecule has 1 aromatic carbocycles. The van der Waals surface area contributed by atoms with E-state index >= 15 is 0 Å². The third kappa shape index (κ3) is 4.23. The van der Waals surface area contributed by atoms with E-state index in [9.17, 15) is 4.79 Å². The highest BCUT2D eigenvalue weighted by atomic mass is 79.9. The van der Waals surface area contributed by atoms with Crippen LogP contribution in [0.4, 0.5) is 0 Å². The van der Waals surface area contributed by atoms with Crippen LogP contribution in [0.5, 0.6) is 5.75 Å². The summed E-state index contributed by atoms with van der Waals surface area (Å²) in [7, 11) is 0. The minimum absolute atomic E-state index is 0.139. The molecule has 0 heterocycles. The number of benzene rings is 1. The number of hydrogen-bond acceptors (Lipinski definition) is 3. The number of esters is 1. The molecule has 4 heteroatoms. The second-order valence-corrected chi connectivity index (χ2v) is 4.38. The van der Waals surface area contributed by atoms with Gasteiger partial charge in [-0.05, 0) is 37.6 Å². The Morgan fingerprint density at radius 1 is 1.47 bits per heavy atom. The standard InChI is InChI=1S/C13H15BrO3/c1-4-16-13(15)10(3)8-17-11-5-6-12(14)9(2)7-11/h5-7H,3-4,8H2,1-2H3. The third-order valence-electron chi connectivity index (χ3n) is 2.11. The first-order valence-electron chi connectivity index (χ1n) is 5.28. The van der Waals surface area contributed by atoms with E-state index in [0.717, 1.165) is 10.0 Å². The van der Waals surface area contributed by atoms with Gasteiger partial charge in [0.1, 0.15) is 12.4 Å². The van der Waals surface area contributed by atoms with Crippen LogP contribution in [0.25, 0.3) is 0 Å². The van der Waals surface area contributed by atoms with E-state index in [0.29, 0.717) is 17.9 Å². The van der Waals surface area contributed by atoms with Crippen molar-refractivity contribution >= 4 is 21.9 Å². The fourth-order valence-electron chi connectivity index (χ4n) is 1.17.